The lowest BCUT2D eigenvalue weighted by molar-refractivity contribution is -0.199. The van der Waals surface area contributed by atoms with Gasteiger partial charge in [-0.2, -0.15) is 0 Å². The third kappa shape index (κ3) is 2.14. The average Bonchev–Trinajstić information content (AvgIpc) is 2.86. The van der Waals surface area contributed by atoms with Crippen molar-refractivity contribution in [3.63, 3.8) is 0 Å². The zero-order valence-electron chi connectivity index (χ0n) is 15.6. The SMILES string of the molecule is C[C@]12CCC(=O)C=C1CC[C@@H]1[C@@H]2[C@@H](O)C[C@@]2(C)[C@H]1CC[C@]2(O)C(O)C=O. The second-order valence-electron chi connectivity index (χ2n) is 9.62. The summed E-state index contributed by atoms with van der Waals surface area (Å²) in [6.07, 6.45) is 4.82. The third-order valence-electron chi connectivity index (χ3n) is 8.73. The highest BCUT2D eigenvalue weighted by atomic mass is 16.3. The smallest absolute Gasteiger partial charge is 0.155 e. The average molecular weight is 362 g/mol. The van der Waals surface area contributed by atoms with Crippen molar-refractivity contribution in [1.82, 2.24) is 0 Å². The number of aliphatic hydroxyl groups is 3. The molecule has 0 aliphatic heterocycles. The molecule has 26 heavy (non-hydrogen) atoms. The Morgan fingerprint density at radius 2 is 1.96 bits per heavy atom. The molecule has 1 unspecified atom stereocenters. The zero-order valence-corrected chi connectivity index (χ0v) is 15.6. The number of carbonyl (C=O) groups excluding carboxylic acids is 2. The molecule has 3 saturated carbocycles. The lowest BCUT2D eigenvalue weighted by Gasteiger charge is -2.61. The van der Waals surface area contributed by atoms with E-state index in [0.29, 0.717) is 25.5 Å². The van der Waals surface area contributed by atoms with E-state index in [4.69, 9.17) is 0 Å². The standard InChI is InChI=1S/C21H30O5/c1-19-7-5-13(23)9-12(19)3-4-14-15-6-8-21(26,17(25)11-22)20(15,2)10-16(24)18(14)19/h9,11,14-18,24-26H,3-8,10H2,1-2H3/t14-,15-,16-,17?,18+,19-,20-,21-/m0/s1. The van der Waals surface area contributed by atoms with Crippen LogP contribution in [0.3, 0.4) is 0 Å². The Morgan fingerprint density at radius 3 is 2.65 bits per heavy atom. The van der Waals surface area contributed by atoms with Crippen molar-refractivity contribution in [1.29, 1.82) is 0 Å². The van der Waals surface area contributed by atoms with Gasteiger partial charge in [0.15, 0.2) is 12.1 Å². The summed E-state index contributed by atoms with van der Waals surface area (Å²) in [7, 11) is 0. The molecule has 4 aliphatic carbocycles. The second-order valence-corrected chi connectivity index (χ2v) is 9.62. The van der Waals surface area contributed by atoms with Crippen LogP contribution in [0.1, 0.15) is 58.8 Å². The predicted molar refractivity (Wildman–Crippen MR) is 95.1 cm³/mol. The van der Waals surface area contributed by atoms with Gasteiger partial charge in [0.2, 0.25) is 0 Å². The van der Waals surface area contributed by atoms with Gasteiger partial charge in [-0.05, 0) is 67.8 Å². The molecule has 3 N–H and O–H groups in total. The van der Waals surface area contributed by atoms with Crippen molar-refractivity contribution in [3.8, 4) is 0 Å². The van der Waals surface area contributed by atoms with Crippen LogP contribution >= 0.6 is 0 Å². The summed E-state index contributed by atoms with van der Waals surface area (Å²) in [6, 6.07) is 0. The normalized spacial score (nSPS) is 51.7. The molecule has 5 nitrogen and oxygen atoms in total. The van der Waals surface area contributed by atoms with Crippen LogP contribution in [0.25, 0.3) is 0 Å². The van der Waals surface area contributed by atoms with E-state index >= 15 is 0 Å². The van der Waals surface area contributed by atoms with E-state index < -0.39 is 23.2 Å². The summed E-state index contributed by atoms with van der Waals surface area (Å²) in [5.41, 5.74) is -1.12. The fourth-order valence-corrected chi connectivity index (χ4v) is 7.32. The van der Waals surface area contributed by atoms with Gasteiger partial charge in [-0.3, -0.25) is 4.79 Å². The van der Waals surface area contributed by atoms with Gasteiger partial charge in [0.25, 0.3) is 0 Å². The first kappa shape index (κ1) is 18.3. The Bertz CT molecular complexity index is 671. The highest BCUT2D eigenvalue weighted by molar-refractivity contribution is 5.91. The van der Waals surface area contributed by atoms with Gasteiger partial charge < -0.3 is 20.1 Å². The Balaban J connectivity index is 1.73. The maximum atomic E-state index is 11.9. The second kappa shape index (κ2) is 5.73. The van der Waals surface area contributed by atoms with Crippen LogP contribution in [-0.2, 0) is 9.59 Å². The molecule has 3 fully saturated rings. The molecule has 5 heteroatoms. The quantitative estimate of drug-likeness (QED) is 0.651. The molecule has 4 aliphatic rings. The molecule has 0 aromatic rings. The van der Waals surface area contributed by atoms with Crippen molar-refractivity contribution >= 4 is 12.1 Å². The summed E-state index contributed by atoms with van der Waals surface area (Å²) in [5, 5.41) is 32.6. The molecule has 0 aromatic heterocycles. The fourth-order valence-electron chi connectivity index (χ4n) is 7.32. The van der Waals surface area contributed by atoms with Crippen LogP contribution in [0.15, 0.2) is 11.6 Å². The van der Waals surface area contributed by atoms with Gasteiger partial charge in [-0.15, -0.1) is 0 Å². The topological polar surface area (TPSA) is 94.8 Å². The maximum absolute atomic E-state index is 11.9. The van der Waals surface area contributed by atoms with Gasteiger partial charge in [0.1, 0.15) is 11.7 Å². The number of carbonyl (C=O) groups is 2. The van der Waals surface area contributed by atoms with Crippen molar-refractivity contribution in [2.24, 2.45) is 28.6 Å². The van der Waals surface area contributed by atoms with Crippen LogP contribution in [0, 0.1) is 28.6 Å². The maximum Gasteiger partial charge on any atom is 0.155 e. The molecule has 0 spiro atoms. The number of allylic oxidation sites excluding steroid dienone is 1. The Labute approximate surface area is 154 Å². The van der Waals surface area contributed by atoms with E-state index in [1.54, 1.807) is 6.08 Å². The fraction of sp³-hybridized carbons (Fsp3) is 0.810. The van der Waals surface area contributed by atoms with Crippen molar-refractivity contribution in [3.05, 3.63) is 11.6 Å². The summed E-state index contributed by atoms with van der Waals surface area (Å²) >= 11 is 0. The molecular formula is C21H30O5. The number of rotatable bonds is 2. The lowest BCUT2D eigenvalue weighted by atomic mass is 9.45. The van der Waals surface area contributed by atoms with E-state index in [1.807, 2.05) is 6.92 Å². The predicted octanol–water partition coefficient (Wildman–Crippen LogP) is 1.78. The summed E-state index contributed by atoms with van der Waals surface area (Å²) in [4.78, 5) is 23.1. The first-order chi connectivity index (χ1) is 12.2. The monoisotopic (exact) mass is 362 g/mol. The van der Waals surface area contributed by atoms with Gasteiger partial charge in [-0.25, -0.2) is 0 Å². The van der Waals surface area contributed by atoms with Crippen LogP contribution in [0.5, 0.6) is 0 Å². The van der Waals surface area contributed by atoms with Gasteiger partial charge in [-0.1, -0.05) is 19.4 Å². The summed E-state index contributed by atoms with van der Waals surface area (Å²) in [6.45, 7) is 4.13. The van der Waals surface area contributed by atoms with E-state index in [9.17, 15) is 24.9 Å². The highest BCUT2D eigenvalue weighted by Crippen LogP contribution is 2.67. The number of aliphatic hydroxyl groups excluding tert-OH is 2. The lowest BCUT2D eigenvalue weighted by Crippen LogP contribution is -2.62. The van der Waals surface area contributed by atoms with Crippen LogP contribution in [-0.4, -0.2) is 45.2 Å². The van der Waals surface area contributed by atoms with E-state index in [2.05, 4.69) is 6.92 Å². The number of ketones is 1. The molecule has 0 bridgehead atoms. The third-order valence-corrected chi connectivity index (χ3v) is 8.73. The summed E-state index contributed by atoms with van der Waals surface area (Å²) < 4.78 is 0. The molecule has 8 atom stereocenters. The van der Waals surface area contributed by atoms with Crippen molar-refractivity contribution in [2.45, 2.75) is 76.6 Å². The van der Waals surface area contributed by atoms with Crippen LogP contribution in [0.4, 0.5) is 0 Å². The van der Waals surface area contributed by atoms with E-state index in [0.717, 1.165) is 25.7 Å². The Kier molecular flexibility index (Phi) is 4.04. The molecule has 0 aromatic carbocycles. The van der Waals surface area contributed by atoms with Crippen LogP contribution in [0.2, 0.25) is 0 Å². The Morgan fingerprint density at radius 1 is 1.23 bits per heavy atom. The number of fused-ring (bicyclic) bond motifs is 5. The number of hydrogen-bond donors (Lipinski definition) is 3. The highest BCUT2D eigenvalue weighted by Gasteiger charge is 2.68. The molecule has 0 saturated heterocycles. The Hall–Kier alpha value is -1.04. The number of aldehydes is 1. The molecule has 0 heterocycles. The van der Waals surface area contributed by atoms with Gasteiger partial charge >= 0.3 is 0 Å². The summed E-state index contributed by atoms with van der Waals surface area (Å²) in [5.74, 6) is 0.679. The van der Waals surface area contributed by atoms with Crippen molar-refractivity contribution < 1.29 is 24.9 Å². The molecular weight excluding hydrogens is 332 g/mol. The minimum atomic E-state index is -1.47. The first-order valence-corrected chi connectivity index (χ1v) is 9.95. The first-order valence-electron chi connectivity index (χ1n) is 9.95. The van der Waals surface area contributed by atoms with Crippen molar-refractivity contribution in [2.75, 3.05) is 0 Å². The van der Waals surface area contributed by atoms with Crippen LogP contribution < -0.4 is 0 Å². The minimum absolute atomic E-state index is 0.0735. The zero-order chi connectivity index (χ0) is 18.9. The largest absolute Gasteiger partial charge is 0.393 e. The minimum Gasteiger partial charge on any atom is -0.393 e. The number of hydrogen-bond acceptors (Lipinski definition) is 5. The molecule has 0 amide bonds. The van der Waals surface area contributed by atoms with E-state index in [1.165, 1.54) is 5.57 Å². The molecule has 4 rings (SSSR count). The van der Waals surface area contributed by atoms with Gasteiger partial charge in [0, 0.05) is 11.8 Å². The van der Waals surface area contributed by atoms with Gasteiger partial charge in [0.05, 0.1) is 6.10 Å². The van der Waals surface area contributed by atoms with E-state index in [-0.39, 0.29) is 29.0 Å². The molecule has 144 valence electrons. The molecule has 0 radical (unpaired) electrons.